The van der Waals surface area contributed by atoms with Gasteiger partial charge >= 0.3 is 0 Å². The van der Waals surface area contributed by atoms with Gasteiger partial charge in [0.2, 0.25) is 0 Å². The first kappa shape index (κ1) is 11.0. The predicted molar refractivity (Wildman–Crippen MR) is 55.8 cm³/mol. The van der Waals surface area contributed by atoms with Gasteiger partial charge in [-0.3, -0.25) is 0 Å². The van der Waals surface area contributed by atoms with E-state index >= 15 is 0 Å². The van der Waals surface area contributed by atoms with E-state index in [1.807, 2.05) is 6.92 Å². The quantitative estimate of drug-likeness (QED) is 0.683. The van der Waals surface area contributed by atoms with Crippen LogP contribution in [0, 0.1) is 5.92 Å². The zero-order valence-corrected chi connectivity index (χ0v) is 9.00. The number of hydrogen-bond acceptors (Lipinski definition) is 2. The molecule has 2 nitrogen and oxygen atoms in total. The average molecular weight is 185 g/mol. The maximum atomic E-state index is 9.09. The van der Waals surface area contributed by atoms with Crippen molar-refractivity contribution in [2.45, 2.75) is 45.1 Å². The van der Waals surface area contributed by atoms with Crippen LogP contribution >= 0.6 is 0 Å². The second-order valence-electron chi connectivity index (χ2n) is 4.55. The first-order valence-electron chi connectivity index (χ1n) is 5.55. The Morgan fingerprint density at radius 2 is 2.15 bits per heavy atom. The molecule has 0 spiro atoms. The average Bonchev–Trinajstić information content (AvgIpc) is 1.96. The van der Waals surface area contributed by atoms with Crippen LogP contribution in [-0.4, -0.2) is 36.2 Å². The van der Waals surface area contributed by atoms with E-state index in [4.69, 9.17) is 5.11 Å². The molecule has 0 saturated heterocycles. The van der Waals surface area contributed by atoms with Crippen molar-refractivity contribution in [2.24, 2.45) is 5.92 Å². The fraction of sp³-hybridized carbons (Fsp3) is 1.00. The molecule has 1 aliphatic carbocycles. The summed E-state index contributed by atoms with van der Waals surface area (Å²) in [5.74, 6) is 0.969. The van der Waals surface area contributed by atoms with Crippen LogP contribution in [0.2, 0.25) is 0 Å². The minimum absolute atomic E-state index is 0.128. The van der Waals surface area contributed by atoms with Crippen LogP contribution in [0.1, 0.15) is 39.0 Å². The summed E-state index contributed by atoms with van der Waals surface area (Å²) >= 11 is 0. The van der Waals surface area contributed by atoms with Crippen LogP contribution in [0.15, 0.2) is 0 Å². The van der Waals surface area contributed by atoms with Gasteiger partial charge in [0, 0.05) is 6.54 Å². The fourth-order valence-corrected chi connectivity index (χ4v) is 1.86. The normalized spacial score (nSPS) is 20.3. The lowest BCUT2D eigenvalue weighted by Crippen LogP contribution is -2.30. The molecular weight excluding hydrogens is 162 g/mol. The number of aliphatic hydroxyl groups is 1. The van der Waals surface area contributed by atoms with E-state index in [-0.39, 0.29) is 6.10 Å². The van der Waals surface area contributed by atoms with Crippen LogP contribution in [-0.2, 0) is 0 Å². The molecule has 0 amide bonds. The molecule has 0 aromatic heterocycles. The monoisotopic (exact) mass is 185 g/mol. The molecule has 0 radical (unpaired) electrons. The maximum Gasteiger partial charge on any atom is 0.0512 e. The van der Waals surface area contributed by atoms with Crippen molar-refractivity contribution in [2.75, 3.05) is 20.1 Å². The molecule has 0 aromatic carbocycles. The summed E-state index contributed by atoms with van der Waals surface area (Å²) in [6.45, 7) is 4.27. The molecule has 1 rings (SSSR count). The van der Waals surface area contributed by atoms with Crippen LogP contribution in [0.4, 0.5) is 0 Å². The van der Waals surface area contributed by atoms with Crippen molar-refractivity contribution >= 4 is 0 Å². The maximum absolute atomic E-state index is 9.09. The van der Waals surface area contributed by atoms with Gasteiger partial charge in [-0.05, 0) is 52.1 Å². The number of hydrogen-bond donors (Lipinski definition) is 1. The summed E-state index contributed by atoms with van der Waals surface area (Å²) in [7, 11) is 2.19. The van der Waals surface area contributed by atoms with E-state index in [0.717, 1.165) is 25.3 Å². The van der Waals surface area contributed by atoms with Crippen LogP contribution in [0.3, 0.4) is 0 Å². The molecule has 1 aliphatic rings. The molecule has 0 aliphatic heterocycles. The Morgan fingerprint density at radius 3 is 2.62 bits per heavy atom. The zero-order chi connectivity index (χ0) is 9.68. The van der Waals surface area contributed by atoms with Crippen LogP contribution < -0.4 is 0 Å². The lowest BCUT2D eigenvalue weighted by Gasteiger charge is -2.30. The summed E-state index contributed by atoms with van der Waals surface area (Å²) < 4.78 is 0. The Bertz CT molecular complexity index is 132. The lowest BCUT2D eigenvalue weighted by atomic mass is 9.85. The second kappa shape index (κ2) is 5.61. The first-order valence-corrected chi connectivity index (χ1v) is 5.55. The molecule has 1 N–H and O–H groups in total. The first-order chi connectivity index (χ1) is 6.18. The van der Waals surface area contributed by atoms with Crippen molar-refractivity contribution in [3.63, 3.8) is 0 Å². The van der Waals surface area contributed by atoms with Crippen molar-refractivity contribution < 1.29 is 5.11 Å². The third-order valence-electron chi connectivity index (χ3n) is 2.96. The summed E-state index contributed by atoms with van der Waals surface area (Å²) in [6, 6.07) is 0. The third-order valence-corrected chi connectivity index (χ3v) is 2.96. The number of rotatable bonds is 6. The number of aliphatic hydroxyl groups excluding tert-OH is 1. The Labute approximate surface area is 81.9 Å². The largest absolute Gasteiger partial charge is 0.393 e. The Kier molecular flexibility index (Phi) is 4.74. The minimum Gasteiger partial charge on any atom is -0.393 e. The smallest absolute Gasteiger partial charge is 0.0512 e. The summed E-state index contributed by atoms with van der Waals surface area (Å²) in [5, 5.41) is 9.09. The standard InChI is InChI=1S/C11H23NO/c1-10(13)5-4-8-12(2)9-11-6-3-7-11/h10-11,13H,3-9H2,1-2H3. The van der Waals surface area contributed by atoms with E-state index in [1.54, 1.807) is 0 Å². The minimum atomic E-state index is -0.128. The molecule has 1 saturated carbocycles. The van der Waals surface area contributed by atoms with Crippen LogP contribution in [0.25, 0.3) is 0 Å². The summed E-state index contributed by atoms with van der Waals surface area (Å²) in [4.78, 5) is 2.41. The highest BCUT2D eigenvalue weighted by molar-refractivity contribution is 4.72. The van der Waals surface area contributed by atoms with Crippen molar-refractivity contribution in [1.29, 1.82) is 0 Å². The van der Waals surface area contributed by atoms with Gasteiger partial charge in [-0.1, -0.05) is 6.42 Å². The molecule has 13 heavy (non-hydrogen) atoms. The lowest BCUT2D eigenvalue weighted by molar-refractivity contribution is 0.164. The summed E-state index contributed by atoms with van der Waals surface area (Å²) in [5.41, 5.74) is 0. The van der Waals surface area contributed by atoms with Crippen molar-refractivity contribution in [3.05, 3.63) is 0 Å². The van der Waals surface area contributed by atoms with Gasteiger partial charge in [0.05, 0.1) is 6.10 Å². The zero-order valence-electron chi connectivity index (χ0n) is 9.00. The van der Waals surface area contributed by atoms with E-state index < -0.39 is 0 Å². The van der Waals surface area contributed by atoms with Gasteiger partial charge in [0.1, 0.15) is 0 Å². The van der Waals surface area contributed by atoms with Gasteiger partial charge in [-0.15, -0.1) is 0 Å². The van der Waals surface area contributed by atoms with Crippen LogP contribution in [0.5, 0.6) is 0 Å². The molecule has 1 unspecified atom stereocenters. The van der Waals surface area contributed by atoms with Gasteiger partial charge < -0.3 is 10.0 Å². The summed E-state index contributed by atoms with van der Waals surface area (Å²) in [6.07, 6.45) is 6.24. The molecule has 1 atom stereocenters. The SMILES string of the molecule is CC(O)CCCN(C)CC1CCC1. The Hall–Kier alpha value is -0.0800. The highest BCUT2D eigenvalue weighted by Crippen LogP contribution is 2.26. The van der Waals surface area contributed by atoms with E-state index in [1.165, 1.54) is 25.8 Å². The predicted octanol–water partition coefficient (Wildman–Crippen LogP) is 1.88. The van der Waals surface area contributed by atoms with Gasteiger partial charge in [0.25, 0.3) is 0 Å². The number of nitrogens with zero attached hydrogens (tertiary/aromatic N) is 1. The molecule has 0 bridgehead atoms. The Balaban J connectivity index is 1.93. The fourth-order valence-electron chi connectivity index (χ4n) is 1.86. The third kappa shape index (κ3) is 4.63. The molecule has 2 heteroatoms. The van der Waals surface area contributed by atoms with E-state index in [9.17, 15) is 0 Å². The van der Waals surface area contributed by atoms with Gasteiger partial charge in [0.15, 0.2) is 0 Å². The molecule has 78 valence electrons. The van der Waals surface area contributed by atoms with Crippen molar-refractivity contribution in [3.8, 4) is 0 Å². The Morgan fingerprint density at radius 1 is 1.46 bits per heavy atom. The second-order valence-corrected chi connectivity index (χ2v) is 4.55. The van der Waals surface area contributed by atoms with Crippen molar-refractivity contribution in [1.82, 2.24) is 4.90 Å². The van der Waals surface area contributed by atoms with E-state index in [0.29, 0.717) is 0 Å². The molecule has 0 heterocycles. The van der Waals surface area contributed by atoms with Gasteiger partial charge in [-0.2, -0.15) is 0 Å². The molecule has 0 aromatic rings. The highest BCUT2D eigenvalue weighted by Gasteiger charge is 2.18. The van der Waals surface area contributed by atoms with E-state index in [2.05, 4.69) is 11.9 Å². The topological polar surface area (TPSA) is 23.5 Å². The molecule has 1 fully saturated rings. The highest BCUT2D eigenvalue weighted by atomic mass is 16.3. The molecular formula is C11H23NO. The van der Waals surface area contributed by atoms with Gasteiger partial charge in [-0.25, -0.2) is 0 Å².